The van der Waals surface area contributed by atoms with Gasteiger partial charge in [0.1, 0.15) is 121 Å². The largest absolute Gasteiger partial charge is 0.462 e. The SMILES string of the molecule is CCC(CC)C(=O)NC1=NCC(C(O)[C@H]2NC(=O)[C@H](C(O)C3CN=C(N)N3)NC(=O)[C@@H](Cc3ccc(O[C@H]4O[C@H](CO)[C@@H](O[C@H]5O[C@H](CO)[C@@H](O)[C@H](O)[C@@H]5O)[C@H](O)[C@@H]4O)cc3)NC(=O)[C@H](C(C)c3ccccc3)NC(=O)CNC(=O)[C@H](CO)NC2=O)N1[C@H]1O[C@H](CO)[C@@H](O)[C@H](O)[C@@H]1O. The normalized spacial score (nSPS) is 35.7. The number of guanidine groups is 2. The number of ether oxygens (including phenoxy) is 5. The number of aliphatic imine (C=N–C) groups is 2. The van der Waals surface area contributed by atoms with E-state index in [2.05, 4.69) is 52.5 Å². The van der Waals surface area contributed by atoms with Crippen molar-refractivity contribution in [2.75, 3.05) is 46.1 Å². The fourth-order valence-electron chi connectivity index (χ4n) is 12.1. The Kier molecular flexibility index (Phi) is 26.5. The van der Waals surface area contributed by atoms with E-state index in [9.17, 15) is 95.5 Å². The van der Waals surface area contributed by atoms with Gasteiger partial charge in [-0.15, -0.1) is 0 Å². The lowest BCUT2D eigenvalue weighted by atomic mass is 9.92. The van der Waals surface area contributed by atoms with E-state index in [1.165, 1.54) is 24.3 Å². The van der Waals surface area contributed by atoms with Crippen LogP contribution >= 0.6 is 0 Å². The number of amides is 7. The van der Waals surface area contributed by atoms with Gasteiger partial charge in [-0.2, -0.15) is 0 Å². The van der Waals surface area contributed by atoms with Crippen LogP contribution in [0.1, 0.15) is 50.7 Å². The van der Waals surface area contributed by atoms with E-state index in [1.807, 2.05) is 0 Å². The van der Waals surface area contributed by atoms with Gasteiger partial charge in [-0.3, -0.25) is 48.9 Å². The molecule has 6 heterocycles. The van der Waals surface area contributed by atoms with E-state index < -0.39 is 252 Å². The molecule has 8 rings (SSSR count). The minimum Gasteiger partial charge on any atom is -0.462 e. The van der Waals surface area contributed by atoms with E-state index in [-0.39, 0.29) is 23.8 Å². The van der Waals surface area contributed by atoms with E-state index >= 15 is 9.59 Å². The van der Waals surface area contributed by atoms with Crippen molar-refractivity contribution in [2.45, 2.75) is 193 Å². The number of hydrogen-bond acceptors (Lipinski definition) is 31. The van der Waals surface area contributed by atoms with Crippen molar-refractivity contribution >= 4 is 53.3 Å². The molecule has 0 saturated carbocycles. The minimum atomic E-state index is -2.42. The number of nitrogens with zero attached hydrogens (tertiary/aromatic N) is 3. The summed E-state index contributed by atoms with van der Waals surface area (Å²) in [6.07, 6.45) is -31.7. The molecule has 0 aliphatic carbocycles. The van der Waals surface area contributed by atoms with Crippen LogP contribution in [0.2, 0.25) is 0 Å². The van der Waals surface area contributed by atoms with Crippen molar-refractivity contribution in [1.82, 2.24) is 47.4 Å². The van der Waals surface area contributed by atoms with Crippen molar-refractivity contribution in [3.63, 3.8) is 0 Å². The van der Waals surface area contributed by atoms with Gasteiger partial charge in [0.25, 0.3) is 0 Å². The van der Waals surface area contributed by atoms with Crippen molar-refractivity contribution in [2.24, 2.45) is 21.6 Å². The summed E-state index contributed by atoms with van der Waals surface area (Å²) >= 11 is 0. The molecule has 6 aliphatic heterocycles. The van der Waals surface area contributed by atoms with Gasteiger partial charge in [0.05, 0.1) is 58.1 Å². The quantitative estimate of drug-likeness (QED) is 0.0585. The second-order valence-electron chi connectivity index (χ2n) is 24.5. The number of nitrogens with two attached hydrogens (primary N) is 1. The van der Waals surface area contributed by atoms with Crippen molar-refractivity contribution in [3.8, 4) is 5.75 Å². The van der Waals surface area contributed by atoms with Crippen LogP contribution in [-0.4, -0.2) is 322 Å². The average Bonchev–Trinajstić information content (AvgIpc) is 1.49. The maximum absolute atomic E-state index is 15.3. The van der Waals surface area contributed by atoms with Crippen molar-refractivity contribution in [1.29, 1.82) is 0 Å². The summed E-state index contributed by atoms with van der Waals surface area (Å²) in [5.74, 6) is -10.4. The third kappa shape index (κ3) is 17.4. The Balaban J connectivity index is 1.13. The van der Waals surface area contributed by atoms with Crippen LogP contribution in [0.15, 0.2) is 64.6 Å². The lowest BCUT2D eigenvalue weighted by Gasteiger charge is -2.47. The first kappa shape index (κ1) is 76.3. The highest BCUT2D eigenvalue weighted by Crippen LogP contribution is 2.33. The van der Waals surface area contributed by atoms with E-state index in [0.717, 1.165) is 4.90 Å². The molecule has 2 aromatic rings. The summed E-state index contributed by atoms with van der Waals surface area (Å²) < 4.78 is 28.5. The van der Waals surface area contributed by atoms with Gasteiger partial charge >= 0.3 is 0 Å². The lowest BCUT2D eigenvalue weighted by Crippen LogP contribution is -2.70. The van der Waals surface area contributed by atoms with Crippen LogP contribution < -0.4 is 53.0 Å². The van der Waals surface area contributed by atoms with Gasteiger partial charge in [-0.05, 0) is 36.1 Å². The third-order valence-corrected chi connectivity index (χ3v) is 18.1. The summed E-state index contributed by atoms with van der Waals surface area (Å²) in [7, 11) is 0. The topological polar surface area (TPSA) is 599 Å². The van der Waals surface area contributed by atoms with E-state index in [4.69, 9.17) is 29.4 Å². The van der Waals surface area contributed by atoms with Gasteiger partial charge in [0.15, 0.2) is 18.5 Å². The molecule has 4 saturated heterocycles. The Morgan fingerprint density at radius 2 is 1.18 bits per heavy atom. The monoisotopic (exact) mass is 1390 g/mol. The molecule has 0 spiro atoms. The first-order valence-electron chi connectivity index (χ1n) is 31.8. The Morgan fingerprint density at radius 3 is 1.80 bits per heavy atom. The molecule has 38 heteroatoms. The molecule has 25 atom stereocenters. The summed E-state index contributed by atoms with van der Waals surface area (Å²) in [4.78, 5) is 111. The first-order valence-corrected chi connectivity index (χ1v) is 31.8. The Labute approximate surface area is 559 Å². The fourth-order valence-corrected chi connectivity index (χ4v) is 12.1. The van der Waals surface area contributed by atoms with Crippen LogP contribution in [-0.2, 0) is 58.9 Å². The minimum absolute atomic E-state index is 0.0840. The number of rotatable bonds is 20. The number of benzene rings is 2. The van der Waals surface area contributed by atoms with Crippen LogP contribution in [0.3, 0.4) is 0 Å². The molecule has 6 aliphatic rings. The number of hydrogen-bond donors (Lipinski definition) is 23. The maximum Gasteiger partial charge on any atom is 0.246 e. The summed E-state index contributed by atoms with van der Waals surface area (Å²) in [6.45, 7) is -0.747. The lowest BCUT2D eigenvalue weighted by molar-refractivity contribution is -0.352. The molecule has 2 aromatic carbocycles. The van der Waals surface area contributed by atoms with E-state index in [0.29, 0.717) is 18.4 Å². The Morgan fingerprint density at radius 1 is 0.612 bits per heavy atom. The van der Waals surface area contributed by atoms with Crippen molar-refractivity contribution < 1.29 is 129 Å². The molecule has 7 amide bonds. The number of nitrogens with one attached hydrogen (secondary N) is 8. The number of aliphatic hydroxyl groups excluding tert-OH is 14. The molecule has 544 valence electrons. The molecule has 98 heavy (non-hydrogen) atoms. The zero-order chi connectivity index (χ0) is 71.6. The molecule has 0 radical (unpaired) electrons. The zero-order valence-corrected chi connectivity index (χ0v) is 53.4. The number of carbonyl (C=O) groups is 7. The summed E-state index contributed by atoms with van der Waals surface area (Å²) in [5, 5.41) is 172. The maximum atomic E-state index is 15.3. The molecular weight excluding hydrogens is 1300 g/mol. The first-order chi connectivity index (χ1) is 46.7. The van der Waals surface area contributed by atoms with Gasteiger partial charge in [-0.1, -0.05) is 63.2 Å². The van der Waals surface area contributed by atoms with Gasteiger partial charge in [0.2, 0.25) is 53.6 Å². The van der Waals surface area contributed by atoms with Gasteiger partial charge in [-0.25, -0.2) is 0 Å². The summed E-state index contributed by atoms with van der Waals surface area (Å²) in [6, 6.07) is 0.440. The highest BCUT2D eigenvalue weighted by molar-refractivity contribution is 6.00. The Bertz CT molecular complexity index is 3120. The smallest absolute Gasteiger partial charge is 0.246 e. The second kappa shape index (κ2) is 34.1. The van der Waals surface area contributed by atoms with Crippen LogP contribution in [0.4, 0.5) is 0 Å². The predicted molar refractivity (Wildman–Crippen MR) is 331 cm³/mol. The van der Waals surface area contributed by atoms with Gasteiger partial charge in [0, 0.05) is 18.3 Å². The molecule has 0 aromatic heterocycles. The molecule has 0 bridgehead atoms. The summed E-state index contributed by atoms with van der Waals surface area (Å²) in [5.41, 5.74) is 6.63. The molecule has 5 unspecified atom stereocenters. The fraction of sp³-hybridized carbons (Fsp3) is 0.650. The van der Waals surface area contributed by atoms with E-state index in [1.54, 1.807) is 51.1 Å². The molecule has 4 fully saturated rings. The highest BCUT2D eigenvalue weighted by atomic mass is 16.7. The highest BCUT2D eigenvalue weighted by Gasteiger charge is 2.55. The predicted octanol–water partition coefficient (Wildman–Crippen LogP) is -12.0. The van der Waals surface area contributed by atoms with Crippen LogP contribution in [0.5, 0.6) is 5.75 Å². The van der Waals surface area contributed by atoms with Crippen molar-refractivity contribution in [3.05, 3.63) is 65.7 Å². The average molecular weight is 1390 g/mol. The molecular formula is C60H88N12O26. The number of aliphatic hydroxyl groups is 14. The van der Waals surface area contributed by atoms with Crippen LogP contribution in [0, 0.1) is 5.92 Å². The third-order valence-electron chi connectivity index (χ3n) is 18.1. The second-order valence-corrected chi connectivity index (χ2v) is 24.5. The molecule has 38 nitrogen and oxygen atoms in total. The molecule has 24 N–H and O–H groups in total. The zero-order valence-electron chi connectivity index (χ0n) is 53.4. The Hall–Kier alpha value is -7.45. The standard InChI is InChI=1S/C60H88N12O26/c1-4-25(5-2)50(88)71-60-64-17-31(72(60)56-46(85)43(82)41(80)32(20-74)95-56)40(79)38-54(92)66-30(19-73)51(89)62-18-35(77)68-36(23(3)26-9-7-6-8-10-26)53(91)65-28(52(90)69-37(55(93)70-38)39(78)29-16-63-59(61)67-29)15-24-11-13-27(14-12-24)94-57-48(87)45(84)49(34(22-76)97-57)98-58-47(86)44(83)42(81)33(21-75)96-58/h6-14,23,25,28-34,36-49,56-58,73-76,78-87H,4-5,15-22H2,1-3H3,(H,62,89)(H,65,91)(H,66,92)(H,68,77)(H,69,90)(H,70,93)(H3,61,63,67)(H,64,71,88)/t23?,28-,29?,30+,31?,32-,33-,34-,36+,37+,38-,39?,40?,41-,42-,43+,44+,45-,46+,47+,48+,49-,56+,57+,58-/m1/s1. The van der Waals surface area contributed by atoms with Gasteiger partial charge < -0.3 is 143 Å². The number of carbonyl (C=O) groups excluding carboxylic acids is 7. The van der Waals surface area contributed by atoms with Crippen LogP contribution in [0.25, 0.3) is 0 Å².